The molecule has 3 rings (SSSR count). The lowest BCUT2D eigenvalue weighted by Gasteiger charge is -2.22. The van der Waals surface area contributed by atoms with E-state index in [4.69, 9.17) is 0 Å². The SMILES string of the molecule is CN=C(NCc1ccc(N2CCCC2)nc1)N(C)Cc1ccc(C)cc1. The molecule has 1 fully saturated rings. The summed E-state index contributed by atoms with van der Waals surface area (Å²) in [7, 11) is 3.88. The first-order valence-corrected chi connectivity index (χ1v) is 9.33. The van der Waals surface area contributed by atoms with Crippen molar-refractivity contribution >= 4 is 11.8 Å². The van der Waals surface area contributed by atoms with Crippen molar-refractivity contribution in [2.45, 2.75) is 32.9 Å². The van der Waals surface area contributed by atoms with Crippen LogP contribution in [0.15, 0.2) is 47.6 Å². The highest BCUT2D eigenvalue weighted by molar-refractivity contribution is 5.79. The van der Waals surface area contributed by atoms with E-state index in [2.05, 4.69) is 75.5 Å². The first-order valence-electron chi connectivity index (χ1n) is 9.33. The zero-order chi connectivity index (χ0) is 18.4. The summed E-state index contributed by atoms with van der Waals surface area (Å²) in [4.78, 5) is 13.5. The Morgan fingerprint density at radius 3 is 2.42 bits per heavy atom. The normalized spacial score (nSPS) is 14.6. The fourth-order valence-corrected chi connectivity index (χ4v) is 3.26. The molecule has 0 atom stereocenters. The number of nitrogens with zero attached hydrogens (tertiary/aromatic N) is 4. The van der Waals surface area contributed by atoms with Crippen LogP contribution in [-0.2, 0) is 13.1 Å². The molecule has 2 aromatic rings. The van der Waals surface area contributed by atoms with Crippen molar-refractivity contribution < 1.29 is 0 Å². The molecule has 1 aromatic heterocycles. The van der Waals surface area contributed by atoms with Gasteiger partial charge in [0.15, 0.2) is 5.96 Å². The second-order valence-corrected chi connectivity index (χ2v) is 6.96. The summed E-state index contributed by atoms with van der Waals surface area (Å²) >= 11 is 0. The molecule has 138 valence electrons. The van der Waals surface area contributed by atoms with E-state index in [0.717, 1.165) is 43.5 Å². The van der Waals surface area contributed by atoms with Gasteiger partial charge in [0.1, 0.15) is 5.82 Å². The fraction of sp³-hybridized carbons (Fsp3) is 0.429. The van der Waals surface area contributed by atoms with Crippen LogP contribution in [0.5, 0.6) is 0 Å². The predicted octanol–water partition coefficient (Wildman–Crippen LogP) is 3.20. The highest BCUT2D eigenvalue weighted by Crippen LogP contribution is 2.17. The van der Waals surface area contributed by atoms with Gasteiger partial charge in [0, 0.05) is 46.5 Å². The standard InChI is InChI=1S/C21H29N5/c1-17-6-8-18(9-7-17)16-25(3)21(22-2)24-15-19-10-11-20(23-14-19)26-12-4-5-13-26/h6-11,14H,4-5,12-13,15-16H2,1-3H3,(H,22,24). The van der Waals surface area contributed by atoms with Crippen LogP contribution in [0.25, 0.3) is 0 Å². The third-order valence-corrected chi connectivity index (χ3v) is 4.80. The van der Waals surface area contributed by atoms with Gasteiger partial charge in [0.2, 0.25) is 0 Å². The zero-order valence-electron chi connectivity index (χ0n) is 16.1. The average molecular weight is 351 g/mol. The molecule has 0 saturated carbocycles. The molecule has 1 aliphatic heterocycles. The van der Waals surface area contributed by atoms with Crippen molar-refractivity contribution in [2.24, 2.45) is 4.99 Å². The Labute approximate surface area is 156 Å². The number of benzene rings is 1. The molecule has 1 aliphatic rings. The van der Waals surface area contributed by atoms with Crippen molar-refractivity contribution in [2.75, 3.05) is 32.1 Å². The average Bonchev–Trinajstić information content (AvgIpc) is 3.19. The number of aliphatic imine (C=N–C) groups is 1. The van der Waals surface area contributed by atoms with Crippen LogP contribution >= 0.6 is 0 Å². The molecule has 0 unspecified atom stereocenters. The molecule has 1 N–H and O–H groups in total. The van der Waals surface area contributed by atoms with Gasteiger partial charge in [0.05, 0.1) is 0 Å². The number of hydrogen-bond acceptors (Lipinski definition) is 3. The Morgan fingerprint density at radius 2 is 1.81 bits per heavy atom. The van der Waals surface area contributed by atoms with E-state index in [0.29, 0.717) is 0 Å². The van der Waals surface area contributed by atoms with Gasteiger partial charge in [-0.05, 0) is 37.0 Å². The van der Waals surface area contributed by atoms with Gasteiger partial charge < -0.3 is 15.1 Å². The summed E-state index contributed by atoms with van der Waals surface area (Å²) in [6, 6.07) is 12.9. The summed E-state index contributed by atoms with van der Waals surface area (Å²) in [6.07, 6.45) is 4.51. The first kappa shape index (κ1) is 18.2. The molecule has 0 bridgehead atoms. The van der Waals surface area contributed by atoms with E-state index in [-0.39, 0.29) is 0 Å². The van der Waals surface area contributed by atoms with Gasteiger partial charge >= 0.3 is 0 Å². The minimum absolute atomic E-state index is 0.720. The molecule has 2 heterocycles. The number of hydrogen-bond donors (Lipinski definition) is 1. The van der Waals surface area contributed by atoms with Crippen LogP contribution < -0.4 is 10.2 Å². The third-order valence-electron chi connectivity index (χ3n) is 4.80. The Balaban J connectivity index is 1.53. The Kier molecular flexibility index (Phi) is 6.10. The number of rotatable bonds is 5. The van der Waals surface area contributed by atoms with Crippen molar-refractivity contribution in [1.29, 1.82) is 0 Å². The predicted molar refractivity (Wildman–Crippen MR) is 109 cm³/mol. The van der Waals surface area contributed by atoms with Crippen molar-refractivity contribution in [3.8, 4) is 0 Å². The summed E-state index contributed by atoms with van der Waals surface area (Å²) in [5, 5.41) is 3.43. The largest absolute Gasteiger partial charge is 0.357 e. The molecule has 26 heavy (non-hydrogen) atoms. The maximum Gasteiger partial charge on any atom is 0.193 e. The lowest BCUT2D eigenvalue weighted by atomic mass is 10.1. The monoisotopic (exact) mass is 351 g/mol. The number of guanidine groups is 1. The summed E-state index contributed by atoms with van der Waals surface area (Å²) < 4.78 is 0. The lowest BCUT2D eigenvalue weighted by Crippen LogP contribution is -2.38. The molecule has 1 saturated heterocycles. The van der Waals surface area contributed by atoms with E-state index >= 15 is 0 Å². The quantitative estimate of drug-likeness (QED) is 0.664. The maximum atomic E-state index is 4.62. The van der Waals surface area contributed by atoms with Crippen LogP contribution in [0.2, 0.25) is 0 Å². The number of pyridine rings is 1. The number of aryl methyl sites for hydroxylation is 1. The molecule has 1 aromatic carbocycles. The Morgan fingerprint density at radius 1 is 1.12 bits per heavy atom. The summed E-state index contributed by atoms with van der Waals surface area (Å²) in [6.45, 7) is 5.91. The van der Waals surface area contributed by atoms with Gasteiger partial charge in [-0.1, -0.05) is 35.9 Å². The van der Waals surface area contributed by atoms with Crippen LogP contribution in [-0.4, -0.2) is 43.0 Å². The van der Waals surface area contributed by atoms with Crippen LogP contribution in [0.3, 0.4) is 0 Å². The minimum atomic E-state index is 0.720. The number of anilines is 1. The Bertz CT molecular complexity index is 715. The zero-order valence-corrected chi connectivity index (χ0v) is 16.1. The van der Waals surface area contributed by atoms with Gasteiger partial charge in [0.25, 0.3) is 0 Å². The molecular weight excluding hydrogens is 322 g/mol. The van der Waals surface area contributed by atoms with Gasteiger partial charge in [-0.3, -0.25) is 4.99 Å². The lowest BCUT2D eigenvalue weighted by molar-refractivity contribution is 0.476. The number of nitrogens with one attached hydrogen (secondary N) is 1. The smallest absolute Gasteiger partial charge is 0.193 e. The van der Waals surface area contributed by atoms with Crippen molar-refractivity contribution in [1.82, 2.24) is 15.2 Å². The highest BCUT2D eigenvalue weighted by atomic mass is 15.3. The fourth-order valence-electron chi connectivity index (χ4n) is 3.26. The topological polar surface area (TPSA) is 43.8 Å². The Hall–Kier alpha value is -2.56. The van der Waals surface area contributed by atoms with Crippen LogP contribution in [0.4, 0.5) is 5.82 Å². The van der Waals surface area contributed by atoms with Gasteiger partial charge in [-0.2, -0.15) is 0 Å². The summed E-state index contributed by atoms with van der Waals surface area (Å²) in [5.74, 6) is 1.97. The number of aromatic nitrogens is 1. The van der Waals surface area contributed by atoms with E-state index in [9.17, 15) is 0 Å². The minimum Gasteiger partial charge on any atom is -0.357 e. The molecule has 0 amide bonds. The van der Waals surface area contributed by atoms with E-state index in [1.54, 1.807) is 0 Å². The van der Waals surface area contributed by atoms with E-state index in [1.807, 2.05) is 13.2 Å². The van der Waals surface area contributed by atoms with E-state index in [1.165, 1.54) is 24.0 Å². The highest BCUT2D eigenvalue weighted by Gasteiger charge is 2.13. The molecule has 0 spiro atoms. The van der Waals surface area contributed by atoms with Crippen molar-refractivity contribution in [3.63, 3.8) is 0 Å². The molecule has 5 nitrogen and oxygen atoms in total. The summed E-state index contributed by atoms with van der Waals surface area (Å²) in [5.41, 5.74) is 3.72. The maximum absolute atomic E-state index is 4.62. The van der Waals surface area contributed by atoms with Crippen LogP contribution in [0, 0.1) is 6.92 Å². The van der Waals surface area contributed by atoms with Crippen LogP contribution in [0.1, 0.15) is 29.5 Å². The van der Waals surface area contributed by atoms with Gasteiger partial charge in [-0.25, -0.2) is 4.98 Å². The third kappa shape index (κ3) is 4.75. The second-order valence-electron chi connectivity index (χ2n) is 6.96. The molecule has 0 radical (unpaired) electrons. The molecule has 0 aliphatic carbocycles. The second kappa shape index (κ2) is 8.70. The van der Waals surface area contributed by atoms with Gasteiger partial charge in [-0.15, -0.1) is 0 Å². The van der Waals surface area contributed by atoms with E-state index < -0.39 is 0 Å². The molecule has 5 heteroatoms. The first-order chi connectivity index (χ1) is 12.7. The van der Waals surface area contributed by atoms with Crippen molar-refractivity contribution in [3.05, 3.63) is 59.3 Å². The molecular formula is C21H29N5.